The summed E-state index contributed by atoms with van der Waals surface area (Å²) in [5.41, 5.74) is 8.22. The third-order valence-corrected chi connectivity index (χ3v) is 10.5. The molecule has 5 rings (SSSR count). The van der Waals surface area contributed by atoms with Crippen molar-refractivity contribution in [1.82, 2.24) is 24.8 Å². The molecule has 12 heteroatoms. The molecule has 4 aromatic rings. The third-order valence-electron chi connectivity index (χ3n) is 8.75. The molecule has 240 valence electrons. The van der Waals surface area contributed by atoms with Crippen LogP contribution in [0.15, 0.2) is 42.9 Å². The Hall–Kier alpha value is -3.10. The summed E-state index contributed by atoms with van der Waals surface area (Å²) in [6.45, 7) is 6.43. The Kier molecular flexibility index (Phi) is 10.8. The van der Waals surface area contributed by atoms with Crippen LogP contribution in [0.4, 0.5) is 34.5 Å². The lowest BCUT2D eigenvalue weighted by Crippen LogP contribution is -2.42. The van der Waals surface area contributed by atoms with Crippen molar-refractivity contribution in [1.29, 1.82) is 0 Å². The van der Waals surface area contributed by atoms with Gasteiger partial charge in [0.15, 0.2) is 5.82 Å². The van der Waals surface area contributed by atoms with E-state index < -0.39 is 0 Å². The highest BCUT2D eigenvalue weighted by Gasteiger charge is 2.26. The second-order valence-corrected chi connectivity index (χ2v) is 13.3. The van der Waals surface area contributed by atoms with Crippen LogP contribution in [-0.4, -0.2) is 85.5 Å². The normalized spacial score (nSPS) is 13.9. The van der Waals surface area contributed by atoms with Gasteiger partial charge in [-0.25, -0.2) is 4.98 Å². The number of nitrogens with zero attached hydrogens (tertiary/aromatic N) is 9. The van der Waals surface area contributed by atoms with Gasteiger partial charge in [0.25, 0.3) is 0 Å². The molecule has 0 saturated carbocycles. The van der Waals surface area contributed by atoms with Gasteiger partial charge in [-0.05, 0) is 63.5 Å². The number of hydrogen-bond donors (Lipinski definition) is 0. The van der Waals surface area contributed by atoms with Crippen LogP contribution in [0.1, 0.15) is 37.8 Å². The summed E-state index contributed by atoms with van der Waals surface area (Å²) in [6, 6.07) is 9.19. The zero-order valence-corrected chi connectivity index (χ0v) is 30.6. The second kappa shape index (κ2) is 14.5. The quantitative estimate of drug-likeness (QED) is 0.0902. The summed E-state index contributed by atoms with van der Waals surface area (Å²) in [6.07, 6.45) is 11.5. The molecule has 0 amide bonds. The van der Waals surface area contributed by atoms with E-state index in [-0.39, 0.29) is 0 Å². The summed E-state index contributed by atoms with van der Waals surface area (Å²) < 4.78 is 10.2. The number of aromatic nitrogens is 4. The highest BCUT2D eigenvalue weighted by atomic mass is 127. The third kappa shape index (κ3) is 6.73. The van der Waals surface area contributed by atoms with E-state index in [1.165, 1.54) is 11.3 Å². The number of rotatable bonds is 11. The number of piperidine rings is 1. The van der Waals surface area contributed by atoms with Gasteiger partial charge in [-0.3, -0.25) is 13.1 Å². The lowest BCUT2D eigenvalue weighted by atomic mass is 10.0. The maximum Gasteiger partial charge on any atom is 0.231 e. The van der Waals surface area contributed by atoms with Gasteiger partial charge < -0.3 is 23.7 Å². The van der Waals surface area contributed by atoms with Crippen molar-refractivity contribution in [3.8, 4) is 5.75 Å². The summed E-state index contributed by atoms with van der Waals surface area (Å²) in [5, 5.41) is 0. The molecule has 2 aromatic heterocycles. The van der Waals surface area contributed by atoms with E-state index in [2.05, 4.69) is 97.5 Å². The number of aryl methyl sites for hydroxylation is 2. The predicted molar refractivity (Wildman–Crippen MR) is 198 cm³/mol. The molecule has 45 heavy (non-hydrogen) atoms. The summed E-state index contributed by atoms with van der Waals surface area (Å²) in [4.78, 5) is 26.1. The number of hydrogen-bond acceptors (Lipinski definition) is 11. The average Bonchev–Trinajstić information content (AvgIpc) is 3.09. The Morgan fingerprint density at radius 2 is 1.67 bits per heavy atom. The zero-order chi connectivity index (χ0) is 32.2. The van der Waals surface area contributed by atoms with Gasteiger partial charge in [0, 0.05) is 75.4 Å². The lowest BCUT2D eigenvalue weighted by molar-refractivity contribution is 0.249. The number of anilines is 6. The number of benzene rings is 2. The first-order valence-electron chi connectivity index (χ1n) is 15.4. The van der Waals surface area contributed by atoms with Crippen LogP contribution >= 0.6 is 34.8 Å². The van der Waals surface area contributed by atoms with Crippen LogP contribution in [0.3, 0.4) is 0 Å². The summed E-state index contributed by atoms with van der Waals surface area (Å²) in [7, 11) is 10.2. The Bertz CT molecular complexity index is 1630. The molecule has 1 aliphatic rings. The molecule has 1 saturated heterocycles. The average molecular weight is 742 g/mol. The van der Waals surface area contributed by atoms with E-state index in [0.29, 0.717) is 12.0 Å². The largest absolute Gasteiger partial charge is 0.494 e. The van der Waals surface area contributed by atoms with Crippen LogP contribution in [0.2, 0.25) is 0 Å². The first kappa shape index (κ1) is 33.3. The zero-order valence-electron chi connectivity index (χ0n) is 27.6. The van der Waals surface area contributed by atoms with Gasteiger partial charge in [-0.2, -0.15) is 4.98 Å². The number of halogens is 1. The van der Waals surface area contributed by atoms with E-state index >= 15 is 0 Å². The van der Waals surface area contributed by atoms with Crippen molar-refractivity contribution >= 4 is 80.4 Å². The van der Waals surface area contributed by atoms with Crippen LogP contribution in [0.5, 0.6) is 5.75 Å². The first-order valence-corrected chi connectivity index (χ1v) is 17.6. The van der Waals surface area contributed by atoms with E-state index in [4.69, 9.17) is 19.7 Å². The minimum atomic E-state index is 0.601. The van der Waals surface area contributed by atoms with Crippen molar-refractivity contribution in [3.63, 3.8) is 0 Å². The van der Waals surface area contributed by atoms with Crippen molar-refractivity contribution in [3.05, 3.63) is 54.0 Å². The smallest absolute Gasteiger partial charge is 0.231 e. The number of fused-ring (bicyclic) bond motifs is 1. The van der Waals surface area contributed by atoms with Crippen LogP contribution < -0.4 is 22.0 Å². The standard InChI is InChI=1S/C33H44IN9OS/c1-9-22-19-28(29(44-7)20-27(22)42-17-13-24(14-18-42)39(3)4)40(5)33-37-21-23(10-2)32(38-33)43(34)26-12-11-25-30(36-16-15-35-25)31(26)41(6)45-8/h11-12,15-16,19-21,24H,9-10,13-14,17-18H2,1-8H3. The van der Waals surface area contributed by atoms with Gasteiger partial charge in [0.2, 0.25) is 5.95 Å². The minimum Gasteiger partial charge on any atom is -0.494 e. The van der Waals surface area contributed by atoms with E-state index in [0.717, 1.165) is 84.0 Å². The molecule has 3 heterocycles. The van der Waals surface area contributed by atoms with Gasteiger partial charge in [0.1, 0.15) is 11.3 Å². The maximum absolute atomic E-state index is 6.00. The van der Waals surface area contributed by atoms with Gasteiger partial charge in [-0.15, -0.1) is 0 Å². The van der Waals surface area contributed by atoms with Crippen molar-refractivity contribution in [2.45, 2.75) is 45.6 Å². The molecular weight excluding hydrogens is 697 g/mol. The summed E-state index contributed by atoms with van der Waals surface area (Å²) in [5.74, 6) is 2.25. The Morgan fingerprint density at radius 1 is 0.956 bits per heavy atom. The fourth-order valence-corrected chi connectivity index (χ4v) is 7.16. The van der Waals surface area contributed by atoms with Gasteiger partial charge in [0.05, 0.1) is 52.6 Å². The SMILES string of the molecule is CCc1cc(N(C)c2ncc(CC)c(N(I)c3ccc4nccnc4c3N(C)SC)n2)c(OC)cc1N1CCC(N(C)C)CC1. The van der Waals surface area contributed by atoms with Crippen LogP contribution in [-0.2, 0) is 12.8 Å². The molecule has 0 aliphatic carbocycles. The van der Waals surface area contributed by atoms with Crippen molar-refractivity contribution < 1.29 is 4.74 Å². The van der Waals surface area contributed by atoms with Crippen LogP contribution in [0, 0.1) is 0 Å². The van der Waals surface area contributed by atoms with E-state index in [1.807, 2.05) is 31.3 Å². The van der Waals surface area contributed by atoms with Crippen LogP contribution in [0.25, 0.3) is 11.0 Å². The maximum atomic E-state index is 6.00. The van der Waals surface area contributed by atoms with Gasteiger partial charge in [-0.1, -0.05) is 25.8 Å². The fourth-order valence-electron chi connectivity index (χ4n) is 5.99. The monoisotopic (exact) mass is 741 g/mol. The van der Waals surface area contributed by atoms with Crippen molar-refractivity contribution in [2.75, 3.05) is 71.9 Å². The number of methoxy groups -OCH3 is 1. The lowest BCUT2D eigenvalue weighted by Gasteiger charge is -2.37. The molecule has 0 unspecified atom stereocenters. The highest BCUT2D eigenvalue weighted by molar-refractivity contribution is 14.1. The second-order valence-electron chi connectivity index (χ2n) is 11.4. The molecule has 0 spiro atoms. The molecular formula is C33H44IN9OS. The first-order chi connectivity index (χ1) is 21.7. The molecule has 10 nitrogen and oxygen atoms in total. The van der Waals surface area contributed by atoms with Gasteiger partial charge >= 0.3 is 0 Å². The topological polar surface area (TPSA) is 77.0 Å². The minimum absolute atomic E-state index is 0.601. The van der Waals surface area contributed by atoms with E-state index in [9.17, 15) is 0 Å². The molecule has 1 aliphatic heterocycles. The Balaban J connectivity index is 1.53. The molecule has 0 bridgehead atoms. The molecule has 0 N–H and O–H groups in total. The highest BCUT2D eigenvalue weighted by Crippen LogP contribution is 2.44. The molecule has 2 aromatic carbocycles. The fraction of sp³-hybridized carbons (Fsp3) is 0.455. The number of ether oxygens (including phenoxy) is 1. The van der Waals surface area contributed by atoms with E-state index in [1.54, 1.807) is 31.5 Å². The Labute approximate surface area is 285 Å². The molecule has 0 atom stereocenters. The molecule has 0 radical (unpaired) electrons. The predicted octanol–water partition coefficient (Wildman–Crippen LogP) is 7.05. The van der Waals surface area contributed by atoms with Crippen molar-refractivity contribution in [2.24, 2.45) is 0 Å². The Morgan fingerprint density at radius 3 is 2.31 bits per heavy atom. The summed E-state index contributed by atoms with van der Waals surface area (Å²) >= 11 is 3.98. The molecule has 1 fully saturated rings.